The van der Waals surface area contributed by atoms with Gasteiger partial charge in [0.15, 0.2) is 5.82 Å². The zero-order valence-electron chi connectivity index (χ0n) is 8.50. The molecule has 4 nitrogen and oxygen atoms in total. The van der Waals surface area contributed by atoms with E-state index in [1.54, 1.807) is 13.0 Å². The number of halogens is 2. The van der Waals surface area contributed by atoms with E-state index in [2.05, 4.69) is 15.5 Å². The second-order valence-corrected chi connectivity index (χ2v) is 3.62. The number of hydrogen-bond donors (Lipinski definition) is 1. The van der Waals surface area contributed by atoms with Gasteiger partial charge in [0.1, 0.15) is 5.82 Å². The summed E-state index contributed by atoms with van der Waals surface area (Å²) in [4.78, 5) is 4.02. The second-order valence-electron chi connectivity index (χ2n) is 3.22. The van der Waals surface area contributed by atoms with E-state index in [0.717, 1.165) is 0 Å². The van der Waals surface area contributed by atoms with Crippen LogP contribution in [-0.4, -0.2) is 10.1 Å². The lowest BCUT2D eigenvalue weighted by Gasteiger charge is -2.03. The number of aryl methyl sites for hydroxylation is 1. The molecule has 0 fully saturated rings. The van der Waals surface area contributed by atoms with Crippen molar-refractivity contribution in [2.45, 2.75) is 13.5 Å². The van der Waals surface area contributed by atoms with E-state index in [4.69, 9.17) is 16.1 Å². The van der Waals surface area contributed by atoms with Crippen molar-refractivity contribution in [2.75, 3.05) is 5.32 Å². The van der Waals surface area contributed by atoms with Gasteiger partial charge < -0.3 is 9.84 Å². The normalized spacial score (nSPS) is 10.4. The molecule has 1 aromatic carbocycles. The van der Waals surface area contributed by atoms with E-state index in [0.29, 0.717) is 23.9 Å². The molecule has 0 aliphatic rings. The summed E-state index contributed by atoms with van der Waals surface area (Å²) in [5.41, 5.74) is 0.697. The average Bonchev–Trinajstić information content (AvgIpc) is 2.66. The summed E-state index contributed by atoms with van der Waals surface area (Å²) in [5, 5.41) is 6.72. The van der Waals surface area contributed by atoms with E-state index in [1.165, 1.54) is 12.1 Å². The number of rotatable bonds is 3. The summed E-state index contributed by atoms with van der Waals surface area (Å²) < 4.78 is 17.8. The zero-order chi connectivity index (χ0) is 11.5. The number of anilines is 1. The molecule has 0 saturated carbocycles. The van der Waals surface area contributed by atoms with Crippen LogP contribution in [-0.2, 0) is 6.54 Å². The Kier molecular flexibility index (Phi) is 3.05. The minimum Gasteiger partial charge on any atom is -0.376 e. The summed E-state index contributed by atoms with van der Waals surface area (Å²) in [5.74, 6) is 0.604. The van der Waals surface area contributed by atoms with Crippen LogP contribution in [0.2, 0.25) is 5.02 Å². The van der Waals surface area contributed by atoms with Crippen LogP contribution in [0.25, 0.3) is 0 Å². The van der Waals surface area contributed by atoms with Gasteiger partial charge in [0.2, 0.25) is 5.89 Å². The molecule has 0 radical (unpaired) electrons. The fourth-order valence-corrected chi connectivity index (χ4v) is 1.38. The number of benzene rings is 1. The Balaban J connectivity index is 2.02. The first-order valence-electron chi connectivity index (χ1n) is 4.63. The van der Waals surface area contributed by atoms with Crippen molar-refractivity contribution >= 4 is 17.3 Å². The van der Waals surface area contributed by atoms with Gasteiger partial charge in [-0.15, -0.1) is 0 Å². The average molecular weight is 242 g/mol. The molecule has 16 heavy (non-hydrogen) atoms. The molecule has 84 valence electrons. The molecule has 1 heterocycles. The summed E-state index contributed by atoms with van der Waals surface area (Å²) in [7, 11) is 0. The van der Waals surface area contributed by atoms with Crippen LogP contribution >= 0.6 is 11.6 Å². The molecule has 0 saturated heterocycles. The molecule has 0 spiro atoms. The van der Waals surface area contributed by atoms with E-state index >= 15 is 0 Å². The lowest BCUT2D eigenvalue weighted by molar-refractivity contribution is 0.379. The highest BCUT2D eigenvalue weighted by Gasteiger charge is 2.04. The molecule has 0 atom stereocenters. The van der Waals surface area contributed by atoms with E-state index < -0.39 is 5.82 Å². The van der Waals surface area contributed by atoms with Gasteiger partial charge in [0, 0.05) is 5.69 Å². The van der Waals surface area contributed by atoms with Gasteiger partial charge >= 0.3 is 0 Å². The second kappa shape index (κ2) is 4.49. The van der Waals surface area contributed by atoms with Gasteiger partial charge in [-0.3, -0.25) is 0 Å². The number of nitrogens with one attached hydrogen (secondary N) is 1. The third-order valence-electron chi connectivity index (χ3n) is 1.93. The Morgan fingerprint density at radius 3 is 2.94 bits per heavy atom. The largest absolute Gasteiger partial charge is 0.376 e. The van der Waals surface area contributed by atoms with Crippen LogP contribution in [0.5, 0.6) is 0 Å². The third kappa shape index (κ3) is 2.49. The molecule has 0 bridgehead atoms. The van der Waals surface area contributed by atoms with Gasteiger partial charge in [-0.05, 0) is 25.1 Å². The maximum atomic E-state index is 12.9. The molecule has 0 amide bonds. The first-order valence-corrected chi connectivity index (χ1v) is 5.01. The number of aromatic nitrogens is 2. The summed E-state index contributed by atoms with van der Waals surface area (Å²) in [6, 6.07) is 4.38. The lowest BCUT2D eigenvalue weighted by atomic mass is 10.3. The van der Waals surface area contributed by atoms with Gasteiger partial charge in [-0.1, -0.05) is 16.8 Å². The van der Waals surface area contributed by atoms with E-state index in [-0.39, 0.29) is 5.02 Å². The summed E-state index contributed by atoms with van der Waals surface area (Å²) >= 11 is 5.63. The van der Waals surface area contributed by atoms with Gasteiger partial charge in [-0.25, -0.2) is 4.39 Å². The van der Waals surface area contributed by atoms with Crippen LogP contribution in [0.15, 0.2) is 22.7 Å². The van der Waals surface area contributed by atoms with Crippen molar-refractivity contribution in [3.8, 4) is 0 Å². The van der Waals surface area contributed by atoms with Crippen LogP contribution in [0, 0.1) is 12.7 Å². The molecular weight excluding hydrogens is 233 g/mol. The maximum absolute atomic E-state index is 12.9. The smallest absolute Gasteiger partial charge is 0.245 e. The maximum Gasteiger partial charge on any atom is 0.245 e. The van der Waals surface area contributed by atoms with Crippen molar-refractivity contribution in [3.05, 3.63) is 40.8 Å². The van der Waals surface area contributed by atoms with Crippen LogP contribution in [0.4, 0.5) is 10.1 Å². The third-order valence-corrected chi connectivity index (χ3v) is 2.22. The standard InChI is InChI=1S/C10H9ClFN3O/c1-6-14-10(16-15-6)5-13-7-2-3-9(12)8(11)4-7/h2-4,13H,5H2,1H3. The van der Waals surface area contributed by atoms with Crippen molar-refractivity contribution in [2.24, 2.45) is 0 Å². The van der Waals surface area contributed by atoms with Crippen LogP contribution in [0.1, 0.15) is 11.7 Å². The van der Waals surface area contributed by atoms with Crippen molar-refractivity contribution in [3.63, 3.8) is 0 Å². The first kappa shape index (κ1) is 10.9. The van der Waals surface area contributed by atoms with Gasteiger partial charge in [0.05, 0.1) is 11.6 Å². The minimum absolute atomic E-state index is 0.0757. The van der Waals surface area contributed by atoms with Crippen molar-refractivity contribution < 1.29 is 8.91 Å². The Morgan fingerprint density at radius 2 is 2.31 bits per heavy atom. The zero-order valence-corrected chi connectivity index (χ0v) is 9.25. The SMILES string of the molecule is Cc1noc(CNc2ccc(F)c(Cl)c2)n1. The Morgan fingerprint density at radius 1 is 1.50 bits per heavy atom. The molecule has 2 rings (SSSR count). The van der Waals surface area contributed by atoms with Crippen LogP contribution < -0.4 is 5.32 Å². The summed E-state index contributed by atoms with van der Waals surface area (Å²) in [6.45, 7) is 2.12. The van der Waals surface area contributed by atoms with Gasteiger partial charge in [-0.2, -0.15) is 4.98 Å². The predicted molar refractivity (Wildman–Crippen MR) is 57.8 cm³/mol. The lowest BCUT2D eigenvalue weighted by Crippen LogP contribution is -1.99. The molecule has 0 aliphatic carbocycles. The molecule has 0 unspecified atom stereocenters. The highest BCUT2D eigenvalue weighted by molar-refractivity contribution is 6.31. The molecular formula is C10H9ClFN3O. The summed E-state index contributed by atoms with van der Waals surface area (Å²) in [6.07, 6.45) is 0. The monoisotopic (exact) mass is 241 g/mol. The first-order chi connectivity index (χ1) is 7.65. The fourth-order valence-electron chi connectivity index (χ4n) is 1.20. The quantitative estimate of drug-likeness (QED) is 0.898. The van der Waals surface area contributed by atoms with Crippen molar-refractivity contribution in [1.82, 2.24) is 10.1 Å². The highest BCUT2D eigenvalue weighted by atomic mass is 35.5. The number of nitrogens with zero attached hydrogens (tertiary/aromatic N) is 2. The molecule has 6 heteroatoms. The molecule has 0 aliphatic heterocycles. The van der Waals surface area contributed by atoms with Crippen LogP contribution in [0.3, 0.4) is 0 Å². The van der Waals surface area contributed by atoms with Crippen molar-refractivity contribution in [1.29, 1.82) is 0 Å². The van der Waals surface area contributed by atoms with Gasteiger partial charge in [0.25, 0.3) is 0 Å². The molecule has 1 N–H and O–H groups in total. The fraction of sp³-hybridized carbons (Fsp3) is 0.200. The van der Waals surface area contributed by atoms with E-state index in [1.807, 2.05) is 0 Å². The topological polar surface area (TPSA) is 51.0 Å². The Labute approximate surface area is 96.4 Å². The van der Waals surface area contributed by atoms with E-state index in [9.17, 15) is 4.39 Å². The minimum atomic E-state index is -0.444. The highest BCUT2D eigenvalue weighted by Crippen LogP contribution is 2.19. The Hall–Kier alpha value is -1.62. The predicted octanol–water partition coefficient (Wildman–Crippen LogP) is 2.78. The molecule has 2 aromatic rings. The Bertz CT molecular complexity index is 501. The molecule has 1 aromatic heterocycles. The number of hydrogen-bond acceptors (Lipinski definition) is 4.